The molecule has 1 amide bonds. The third kappa shape index (κ3) is 5.67. The highest BCUT2D eigenvalue weighted by atomic mass is 32.1. The number of allylic oxidation sites excluding steroid dienone is 2. The molecule has 6 heteroatoms. The van der Waals surface area contributed by atoms with Crippen LogP contribution in [0.4, 0.5) is 0 Å². The van der Waals surface area contributed by atoms with Gasteiger partial charge in [-0.3, -0.25) is 9.59 Å². The van der Waals surface area contributed by atoms with Crippen LogP contribution in [0, 0.1) is 23.2 Å². The van der Waals surface area contributed by atoms with Gasteiger partial charge in [0.25, 0.3) is 0 Å². The minimum Gasteiger partial charge on any atom is -0.508 e. The van der Waals surface area contributed by atoms with E-state index in [1.807, 2.05) is 0 Å². The first-order chi connectivity index (χ1) is 14.7. The molecular formula is C25H33NO4S. The van der Waals surface area contributed by atoms with Gasteiger partial charge >= 0.3 is 5.97 Å². The lowest BCUT2D eigenvalue weighted by Gasteiger charge is -2.59. The van der Waals surface area contributed by atoms with Gasteiger partial charge in [-0.15, -0.1) is 11.3 Å². The number of carboxylic acids is 1. The summed E-state index contributed by atoms with van der Waals surface area (Å²) >= 11 is 1.44. The summed E-state index contributed by atoms with van der Waals surface area (Å²) in [7, 11) is 0. The number of unbranched alkanes of at least 4 members (excludes halogenated alkanes) is 1. The zero-order chi connectivity index (χ0) is 22.6. The third-order valence-corrected chi connectivity index (χ3v) is 8.09. The maximum atomic E-state index is 10.9. The molecule has 0 aliphatic heterocycles. The van der Waals surface area contributed by atoms with Gasteiger partial charge in [0, 0.05) is 21.9 Å². The molecule has 3 aliphatic carbocycles. The normalized spacial score (nSPS) is 23.7. The van der Waals surface area contributed by atoms with E-state index in [9.17, 15) is 14.7 Å². The predicted octanol–water partition coefficient (Wildman–Crippen LogP) is 5.97. The number of aliphatic carboxylic acids is 1. The van der Waals surface area contributed by atoms with Crippen LogP contribution in [0.15, 0.2) is 35.7 Å². The number of thiophene rings is 1. The monoisotopic (exact) mass is 443 g/mol. The SMILES string of the molecule is CC1(C)C2CC(C/C=C\CCCC(=O)O)CC1C2.NC(=O)c1csc2ccc(O)cc12. The summed E-state index contributed by atoms with van der Waals surface area (Å²) in [5, 5.41) is 20.2. The Morgan fingerprint density at radius 3 is 2.52 bits per heavy atom. The van der Waals surface area contributed by atoms with Crippen molar-refractivity contribution < 1.29 is 19.8 Å². The molecule has 1 aromatic carbocycles. The number of rotatable bonds is 7. The average molecular weight is 444 g/mol. The van der Waals surface area contributed by atoms with Gasteiger partial charge in [-0.25, -0.2) is 0 Å². The molecule has 3 fully saturated rings. The molecular weight excluding hydrogens is 410 g/mol. The van der Waals surface area contributed by atoms with E-state index in [1.54, 1.807) is 23.6 Å². The van der Waals surface area contributed by atoms with Gasteiger partial charge in [-0.1, -0.05) is 26.0 Å². The number of hydrogen-bond acceptors (Lipinski definition) is 4. The molecule has 0 radical (unpaired) electrons. The Balaban J connectivity index is 0.000000185. The molecule has 2 atom stereocenters. The standard InChI is InChI=1S/C16H26O2.C9H7NO2S/c1-16(2)13-9-12(10-14(16)11-13)7-5-3-4-6-8-15(17)18;10-9(12)7-4-13-8-2-1-5(11)3-6(7)8/h3,5,12-14H,4,6-11H2,1-2H3,(H,17,18);1-4,11H,(H2,10,12)/b5-3-;. The molecule has 2 aromatic rings. The Hall–Kier alpha value is -2.34. The van der Waals surface area contributed by atoms with Crippen LogP contribution in [-0.4, -0.2) is 22.1 Å². The number of aromatic hydroxyl groups is 1. The van der Waals surface area contributed by atoms with Gasteiger partial charge in [0.1, 0.15) is 5.75 Å². The number of benzene rings is 1. The van der Waals surface area contributed by atoms with Crippen LogP contribution in [-0.2, 0) is 4.79 Å². The fraction of sp³-hybridized carbons (Fsp3) is 0.520. The van der Waals surface area contributed by atoms with Crippen molar-refractivity contribution in [1.82, 2.24) is 0 Å². The first-order valence-electron chi connectivity index (χ1n) is 11.0. The van der Waals surface area contributed by atoms with Crippen LogP contribution in [0.5, 0.6) is 5.75 Å². The van der Waals surface area contributed by atoms with Gasteiger partial charge in [0.15, 0.2) is 0 Å². The van der Waals surface area contributed by atoms with E-state index in [0.717, 1.165) is 40.7 Å². The van der Waals surface area contributed by atoms with E-state index < -0.39 is 11.9 Å². The lowest BCUT2D eigenvalue weighted by Crippen LogP contribution is -2.50. The van der Waals surface area contributed by atoms with E-state index >= 15 is 0 Å². The van der Waals surface area contributed by atoms with Crippen LogP contribution in [0.2, 0.25) is 0 Å². The highest BCUT2D eigenvalue weighted by Gasteiger charge is 2.52. The maximum absolute atomic E-state index is 10.9. The highest BCUT2D eigenvalue weighted by Crippen LogP contribution is 2.61. The van der Waals surface area contributed by atoms with Gasteiger partial charge in [-0.2, -0.15) is 0 Å². The summed E-state index contributed by atoms with van der Waals surface area (Å²) < 4.78 is 0.951. The second-order valence-electron chi connectivity index (χ2n) is 9.48. The number of carboxylic acid groups (broad SMARTS) is 1. The molecule has 5 nitrogen and oxygen atoms in total. The van der Waals surface area contributed by atoms with Crippen molar-refractivity contribution in [3.8, 4) is 5.75 Å². The second kappa shape index (κ2) is 9.86. The smallest absolute Gasteiger partial charge is 0.303 e. The Labute approximate surface area is 188 Å². The Morgan fingerprint density at radius 1 is 1.19 bits per heavy atom. The molecule has 3 saturated carbocycles. The fourth-order valence-electron chi connectivity index (χ4n) is 5.00. The van der Waals surface area contributed by atoms with E-state index in [0.29, 0.717) is 17.4 Å². The largest absolute Gasteiger partial charge is 0.508 e. The number of amides is 1. The molecule has 0 spiro atoms. The summed E-state index contributed by atoms with van der Waals surface area (Å²) in [6.07, 6.45) is 11.9. The summed E-state index contributed by atoms with van der Waals surface area (Å²) in [4.78, 5) is 21.3. The van der Waals surface area contributed by atoms with Crippen LogP contribution in [0.3, 0.4) is 0 Å². The van der Waals surface area contributed by atoms with Crippen LogP contribution >= 0.6 is 11.3 Å². The minimum absolute atomic E-state index is 0.147. The number of hydrogen-bond donors (Lipinski definition) is 3. The number of phenolic OH excluding ortho intramolecular Hbond substituents is 1. The van der Waals surface area contributed by atoms with Gasteiger partial charge in [-0.05, 0) is 79.9 Å². The van der Waals surface area contributed by atoms with Crippen molar-refractivity contribution >= 4 is 33.3 Å². The van der Waals surface area contributed by atoms with Crippen LogP contribution < -0.4 is 5.73 Å². The van der Waals surface area contributed by atoms with E-state index in [1.165, 1.54) is 37.0 Å². The van der Waals surface area contributed by atoms with Crippen LogP contribution in [0.1, 0.15) is 69.2 Å². The minimum atomic E-state index is -0.682. The van der Waals surface area contributed by atoms with Crippen molar-refractivity contribution in [1.29, 1.82) is 0 Å². The first kappa shape index (κ1) is 23.3. The molecule has 168 valence electrons. The van der Waals surface area contributed by atoms with Gasteiger partial charge in [0.2, 0.25) is 5.91 Å². The van der Waals surface area contributed by atoms with Crippen LogP contribution in [0.25, 0.3) is 10.1 Å². The van der Waals surface area contributed by atoms with E-state index in [-0.39, 0.29) is 5.75 Å². The number of primary amides is 1. The van der Waals surface area contributed by atoms with Crippen molar-refractivity contribution in [2.75, 3.05) is 0 Å². The average Bonchev–Trinajstić information content (AvgIpc) is 3.14. The molecule has 5 rings (SSSR count). The number of fused-ring (bicyclic) bond motifs is 3. The lowest BCUT2D eigenvalue weighted by molar-refractivity contribution is -0.137. The molecule has 1 aromatic heterocycles. The number of nitrogens with two attached hydrogens (primary N) is 1. The molecule has 2 bridgehead atoms. The fourth-order valence-corrected chi connectivity index (χ4v) is 5.93. The van der Waals surface area contributed by atoms with Crippen molar-refractivity contribution in [2.45, 2.75) is 58.8 Å². The topological polar surface area (TPSA) is 101 Å². The zero-order valence-electron chi connectivity index (χ0n) is 18.3. The summed E-state index contributed by atoms with van der Waals surface area (Å²) in [6, 6.07) is 4.90. The number of phenols is 1. The predicted molar refractivity (Wildman–Crippen MR) is 125 cm³/mol. The molecule has 3 aliphatic rings. The lowest BCUT2D eigenvalue weighted by atomic mass is 9.46. The summed E-state index contributed by atoms with van der Waals surface area (Å²) in [5.74, 6) is 1.81. The molecule has 0 saturated heterocycles. The zero-order valence-corrected chi connectivity index (χ0v) is 19.2. The van der Waals surface area contributed by atoms with E-state index in [4.69, 9.17) is 10.8 Å². The Kier molecular flexibility index (Phi) is 7.42. The molecule has 1 heterocycles. The quantitative estimate of drug-likeness (QED) is 0.363. The molecule has 31 heavy (non-hydrogen) atoms. The van der Waals surface area contributed by atoms with Crippen molar-refractivity contribution in [3.63, 3.8) is 0 Å². The first-order valence-corrected chi connectivity index (χ1v) is 11.9. The number of carbonyl (C=O) groups excluding carboxylic acids is 1. The summed E-state index contributed by atoms with van der Waals surface area (Å²) in [6.45, 7) is 4.87. The van der Waals surface area contributed by atoms with Crippen molar-refractivity contribution in [3.05, 3.63) is 41.3 Å². The van der Waals surface area contributed by atoms with Gasteiger partial charge in [0.05, 0.1) is 5.56 Å². The third-order valence-electron chi connectivity index (χ3n) is 7.13. The Bertz CT molecular complexity index is 948. The molecule has 2 unspecified atom stereocenters. The van der Waals surface area contributed by atoms with Gasteiger partial charge < -0.3 is 15.9 Å². The highest BCUT2D eigenvalue weighted by molar-refractivity contribution is 7.17. The maximum Gasteiger partial charge on any atom is 0.303 e. The molecule has 4 N–H and O–H groups in total. The summed E-state index contributed by atoms with van der Waals surface area (Å²) in [5.41, 5.74) is 6.24. The second-order valence-corrected chi connectivity index (χ2v) is 10.4. The Morgan fingerprint density at radius 2 is 1.90 bits per heavy atom. The number of carbonyl (C=O) groups is 2. The van der Waals surface area contributed by atoms with E-state index in [2.05, 4.69) is 26.0 Å². The van der Waals surface area contributed by atoms with Crippen molar-refractivity contribution in [2.24, 2.45) is 28.9 Å².